The minimum Gasteiger partial charge on any atom is -0.509 e. The van der Waals surface area contributed by atoms with E-state index in [-0.39, 0.29) is 23.7 Å². The number of methoxy groups -OCH3 is 1. The lowest BCUT2D eigenvalue weighted by Gasteiger charge is -2.37. The molecule has 0 radical (unpaired) electrons. The Hall–Kier alpha value is -3.71. The minimum absolute atomic E-state index is 0.127. The van der Waals surface area contributed by atoms with E-state index in [1.807, 2.05) is 50.2 Å². The van der Waals surface area contributed by atoms with Gasteiger partial charge in [0, 0.05) is 11.1 Å². The molecule has 1 atom stereocenters. The van der Waals surface area contributed by atoms with E-state index in [0.29, 0.717) is 22.7 Å². The van der Waals surface area contributed by atoms with Gasteiger partial charge in [-0.25, -0.2) is 5.06 Å². The molecule has 0 spiro atoms. The Labute approximate surface area is 180 Å². The van der Waals surface area contributed by atoms with Gasteiger partial charge in [0.05, 0.1) is 18.4 Å². The highest BCUT2D eigenvalue weighted by Gasteiger charge is 2.39. The van der Waals surface area contributed by atoms with Gasteiger partial charge in [-0.3, -0.25) is 9.63 Å². The maximum Gasteiger partial charge on any atom is 0.195 e. The third kappa shape index (κ3) is 4.00. The molecule has 1 unspecified atom stereocenters. The number of hydroxylamine groups is 1. The van der Waals surface area contributed by atoms with Crippen LogP contribution in [0.3, 0.4) is 0 Å². The SMILES string of the molecule is COc1ccccc1C1C(C(=O)c2ccc(C)cc2)=C(O)CON1c1ccc(C)nn1. The molecule has 0 aliphatic carbocycles. The van der Waals surface area contributed by atoms with Crippen molar-refractivity contribution in [1.82, 2.24) is 10.2 Å². The zero-order valence-corrected chi connectivity index (χ0v) is 17.6. The molecular weight excluding hydrogens is 394 g/mol. The van der Waals surface area contributed by atoms with Crippen LogP contribution in [-0.2, 0) is 4.84 Å². The zero-order valence-electron chi connectivity index (χ0n) is 17.6. The van der Waals surface area contributed by atoms with Crippen molar-refractivity contribution in [2.45, 2.75) is 19.9 Å². The molecule has 0 amide bonds. The van der Waals surface area contributed by atoms with Crippen LogP contribution in [0, 0.1) is 13.8 Å². The lowest BCUT2D eigenvalue weighted by atomic mass is 9.89. The average molecular weight is 417 g/mol. The molecule has 0 saturated carbocycles. The van der Waals surface area contributed by atoms with Gasteiger partial charge < -0.3 is 9.84 Å². The first-order valence-corrected chi connectivity index (χ1v) is 9.88. The molecule has 1 aliphatic rings. The highest BCUT2D eigenvalue weighted by atomic mass is 16.7. The van der Waals surface area contributed by atoms with Crippen molar-refractivity contribution in [2.24, 2.45) is 0 Å². The van der Waals surface area contributed by atoms with Crippen LogP contribution in [0.25, 0.3) is 0 Å². The Morgan fingerprint density at radius 3 is 2.48 bits per heavy atom. The molecule has 7 heteroatoms. The van der Waals surface area contributed by atoms with Crippen molar-refractivity contribution >= 4 is 11.6 Å². The topological polar surface area (TPSA) is 84.8 Å². The Kier molecular flexibility index (Phi) is 5.68. The van der Waals surface area contributed by atoms with E-state index in [4.69, 9.17) is 9.57 Å². The quantitative estimate of drug-likeness (QED) is 0.620. The minimum atomic E-state index is -0.782. The van der Waals surface area contributed by atoms with Crippen LogP contribution < -0.4 is 9.80 Å². The third-order valence-electron chi connectivity index (χ3n) is 5.16. The van der Waals surface area contributed by atoms with E-state index in [1.54, 1.807) is 31.4 Å². The second-order valence-corrected chi connectivity index (χ2v) is 7.33. The fourth-order valence-corrected chi connectivity index (χ4v) is 3.56. The van der Waals surface area contributed by atoms with E-state index in [1.165, 1.54) is 5.06 Å². The molecule has 3 aromatic rings. The molecular formula is C24H23N3O4. The lowest BCUT2D eigenvalue weighted by Crippen LogP contribution is -2.39. The summed E-state index contributed by atoms with van der Waals surface area (Å²) in [4.78, 5) is 19.4. The molecule has 158 valence electrons. The number of hydrogen-bond acceptors (Lipinski definition) is 7. The van der Waals surface area contributed by atoms with Gasteiger partial charge in [0.25, 0.3) is 0 Å². The van der Waals surface area contributed by atoms with E-state index in [2.05, 4.69) is 10.2 Å². The number of Topliss-reactive ketones (excluding diaryl/α,β-unsaturated/α-hetero) is 1. The van der Waals surface area contributed by atoms with Crippen LogP contribution in [0.15, 0.2) is 72.0 Å². The van der Waals surface area contributed by atoms with Crippen LogP contribution in [0.2, 0.25) is 0 Å². The molecule has 0 bridgehead atoms. The van der Waals surface area contributed by atoms with E-state index in [0.717, 1.165) is 11.3 Å². The predicted molar refractivity (Wildman–Crippen MR) is 116 cm³/mol. The van der Waals surface area contributed by atoms with E-state index in [9.17, 15) is 9.90 Å². The van der Waals surface area contributed by atoms with Crippen molar-refractivity contribution in [1.29, 1.82) is 0 Å². The first-order valence-electron chi connectivity index (χ1n) is 9.88. The molecule has 0 saturated heterocycles. The number of carbonyl (C=O) groups is 1. The summed E-state index contributed by atoms with van der Waals surface area (Å²) in [6, 6.07) is 17.4. The number of ether oxygens (including phenoxy) is 1. The van der Waals surface area contributed by atoms with Crippen LogP contribution >= 0.6 is 0 Å². The number of aliphatic hydroxyl groups excluding tert-OH is 1. The summed E-state index contributed by atoms with van der Waals surface area (Å²) in [5.74, 6) is 0.563. The molecule has 1 N–H and O–H groups in total. The van der Waals surface area contributed by atoms with Gasteiger partial charge in [0.1, 0.15) is 24.2 Å². The van der Waals surface area contributed by atoms with Crippen LogP contribution in [0.5, 0.6) is 5.75 Å². The molecule has 7 nitrogen and oxygen atoms in total. The predicted octanol–water partition coefficient (Wildman–Crippen LogP) is 4.29. The summed E-state index contributed by atoms with van der Waals surface area (Å²) in [5, 5.41) is 20.6. The van der Waals surface area contributed by atoms with Crippen LogP contribution in [-0.4, -0.2) is 34.8 Å². The molecule has 0 fully saturated rings. The smallest absolute Gasteiger partial charge is 0.195 e. The average Bonchev–Trinajstić information content (AvgIpc) is 2.79. The van der Waals surface area contributed by atoms with E-state index < -0.39 is 6.04 Å². The Morgan fingerprint density at radius 2 is 1.81 bits per heavy atom. The van der Waals surface area contributed by atoms with Crippen molar-refractivity contribution in [3.63, 3.8) is 0 Å². The van der Waals surface area contributed by atoms with Crippen molar-refractivity contribution in [2.75, 3.05) is 18.8 Å². The number of rotatable bonds is 5. The lowest BCUT2D eigenvalue weighted by molar-refractivity contribution is 0.0628. The molecule has 1 aliphatic heterocycles. The molecule has 2 heterocycles. The van der Waals surface area contributed by atoms with E-state index >= 15 is 0 Å². The molecule has 31 heavy (non-hydrogen) atoms. The number of para-hydroxylation sites is 1. The van der Waals surface area contributed by atoms with Crippen molar-refractivity contribution < 1.29 is 19.5 Å². The second kappa shape index (κ2) is 8.57. The number of ketones is 1. The Bertz CT molecular complexity index is 1120. The number of hydrogen-bond donors (Lipinski definition) is 1. The van der Waals surface area contributed by atoms with Crippen molar-refractivity contribution in [3.05, 3.63) is 94.4 Å². The third-order valence-corrected chi connectivity index (χ3v) is 5.16. The maximum absolute atomic E-state index is 13.6. The summed E-state index contributed by atoms with van der Waals surface area (Å²) < 4.78 is 5.55. The summed E-state index contributed by atoms with van der Waals surface area (Å²) in [5.41, 5.74) is 3.14. The first-order chi connectivity index (χ1) is 15.0. The standard InChI is InChI=1S/C24H23N3O4/c1-15-8-11-17(12-9-15)24(29)22-19(28)14-31-27(21-13-10-16(2)25-26-21)23(22)18-6-4-5-7-20(18)30-3/h4-13,23,28H,14H2,1-3H3. The summed E-state index contributed by atoms with van der Waals surface area (Å²) in [6.45, 7) is 3.63. The molecule has 2 aromatic carbocycles. The maximum atomic E-state index is 13.6. The highest BCUT2D eigenvalue weighted by molar-refractivity contribution is 6.10. The van der Waals surface area contributed by atoms with Crippen molar-refractivity contribution in [3.8, 4) is 5.75 Å². The summed E-state index contributed by atoms with van der Waals surface area (Å²) in [7, 11) is 1.56. The second-order valence-electron chi connectivity index (χ2n) is 7.33. The van der Waals surface area contributed by atoms with Crippen LogP contribution in [0.1, 0.15) is 33.2 Å². The fraction of sp³-hybridized carbons (Fsp3) is 0.208. The van der Waals surface area contributed by atoms with Gasteiger partial charge in [0.15, 0.2) is 11.6 Å². The van der Waals surface area contributed by atoms with Gasteiger partial charge >= 0.3 is 0 Å². The Balaban J connectivity index is 1.88. The van der Waals surface area contributed by atoms with Gasteiger partial charge in [-0.15, -0.1) is 5.10 Å². The Morgan fingerprint density at radius 1 is 1.06 bits per heavy atom. The number of aromatic nitrogens is 2. The molecule has 4 rings (SSSR count). The zero-order chi connectivity index (χ0) is 22.0. The number of carbonyl (C=O) groups excluding carboxylic acids is 1. The first kappa shape index (κ1) is 20.6. The summed E-state index contributed by atoms with van der Waals surface area (Å²) >= 11 is 0. The number of aliphatic hydroxyl groups is 1. The molecule has 1 aromatic heterocycles. The largest absolute Gasteiger partial charge is 0.509 e. The van der Waals surface area contributed by atoms with Gasteiger partial charge in [-0.05, 0) is 32.0 Å². The highest BCUT2D eigenvalue weighted by Crippen LogP contribution is 2.41. The number of aryl methyl sites for hydroxylation is 2. The number of anilines is 1. The number of benzene rings is 2. The summed E-state index contributed by atoms with van der Waals surface area (Å²) in [6.07, 6.45) is 0. The normalized spacial score (nSPS) is 16.4. The van der Waals surface area contributed by atoms with Gasteiger partial charge in [-0.2, -0.15) is 5.10 Å². The monoisotopic (exact) mass is 417 g/mol. The van der Waals surface area contributed by atoms with Gasteiger partial charge in [0.2, 0.25) is 0 Å². The van der Waals surface area contributed by atoms with Crippen LogP contribution in [0.4, 0.5) is 5.82 Å². The fourth-order valence-electron chi connectivity index (χ4n) is 3.56. The van der Waals surface area contributed by atoms with Gasteiger partial charge in [-0.1, -0.05) is 48.0 Å². The number of nitrogens with zero attached hydrogens (tertiary/aromatic N) is 3.